The fourth-order valence-electron chi connectivity index (χ4n) is 6.74. The van der Waals surface area contributed by atoms with Crippen LogP contribution in [0.4, 0.5) is 13.2 Å². The van der Waals surface area contributed by atoms with Crippen LogP contribution < -0.4 is 10.1 Å². The van der Waals surface area contributed by atoms with E-state index in [1.54, 1.807) is 18.9 Å². The first kappa shape index (κ1) is 37.4. The number of hydrogen-bond donors (Lipinski definition) is 2. The van der Waals surface area contributed by atoms with E-state index in [9.17, 15) is 27.9 Å². The molecule has 4 aromatic rings. The molecule has 2 N–H and O–H groups in total. The summed E-state index contributed by atoms with van der Waals surface area (Å²) in [5.41, 5.74) is 5.11. The Bertz CT molecular complexity index is 1840. The van der Waals surface area contributed by atoms with Gasteiger partial charge in [-0.05, 0) is 52.8 Å². The molecule has 0 aromatic heterocycles. The molecule has 2 aliphatic rings. The first-order valence-electron chi connectivity index (χ1n) is 17.2. The van der Waals surface area contributed by atoms with E-state index in [-0.39, 0.29) is 44.2 Å². The van der Waals surface area contributed by atoms with Crippen LogP contribution in [-0.2, 0) is 32.2 Å². The zero-order chi connectivity index (χ0) is 36.8. The number of amides is 2. The Morgan fingerprint density at radius 3 is 2.35 bits per heavy atom. The van der Waals surface area contributed by atoms with Crippen molar-refractivity contribution >= 4 is 23.6 Å². The van der Waals surface area contributed by atoms with Crippen molar-refractivity contribution in [3.63, 3.8) is 0 Å². The van der Waals surface area contributed by atoms with Crippen LogP contribution in [0.5, 0.6) is 5.75 Å². The van der Waals surface area contributed by atoms with Crippen molar-refractivity contribution in [3.8, 4) is 16.9 Å². The highest BCUT2D eigenvalue weighted by Gasteiger charge is 2.47. The molecule has 5 atom stereocenters. The summed E-state index contributed by atoms with van der Waals surface area (Å²) < 4.78 is 58.2. The molecule has 2 fully saturated rings. The number of para-hydroxylation sites is 1. The molecule has 2 aliphatic heterocycles. The molecular formula is C40H41F3N2O6S. The summed E-state index contributed by atoms with van der Waals surface area (Å²) in [6.07, 6.45) is -5.65. The molecule has 12 heteroatoms. The van der Waals surface area contributed by atoms with E-state index < -0.39 is 30.3 Å². The number of carbonyl (C=O) groups is 2. The fraction of sp³-hybridized carbons (Fsp3) is 0.350. The normalized spacial score (nSPS) is 21.9. The summed E-state index contributed by atoms with van der Waals surface area (Å²) in [6.45, 7) is 2.04. The van der Waals surface area contributed by atoms with E-state index >= 15 is 0 Å². The zero-order valence-corrected chi connectivity index (χ0v) is 29.7. The molecule has 52 heavy (non-hydrogen) atoms. The van der Waals surface area contributed by atoms with Gasteiger partial charge in [0.25, 0.3) is 0 Å². The van der Waals surface area contributed by atoms with Crippen molar-refractivity contribution in [3.05, 3.63) is 119 Å². The number of alkyl halides is 3. The minimum Gasteiger partial charge on any atom is -0.496 e. The van der Waals surface area contributed by atoms with Crippen LogP contribution in [0.25, 0.3) is 11.1 Å². The van der Waals surface area contributed by atoms with Gasteiger partial charge in [0.2, 0.25) is 5.91 Å². The summed E-state index contributed by atoms with van der Waals surface area (Å²) in [5, 5.41) is 12.3. The largest absolute Gasteiger partial charge is 0.496 e. The van der Waals surface area contributed by atoms with Crippen molar-refractivity contribution < 1.29 is 42.1 Å². The number of methoxy groups -OCH3 is 1. The summed E-state index contributed by atoms with van der Waals surface area (Å²) in [6, 6.07) is 29.7. The molecule has 0 spiro atoms. The smallest absolute Gasteiger partial charge is 0.471 e. The maximum absolute atomic E-state index is 13.1. The number of rotatable bonds is 11. The monoisotopic (exact) mass is 734 g/mol. The highest BCUT2D eigenvalue weighted by Crippen LogP contribution is 2.44. The molecule has 5 unspecified atom stereocenters. The molecule has 0 radical (unpaired) electrons. The van der Waals surface area contributed by atoms with Crippen LogP contribution in [0.2, 0.25) is 0 Å². The highest BCUT2D eigenvalue weighted by molar-refractivity contribution is 7.99. The van der Waals surface area contributed by atoms with E-state index in [0.29, 0.717) is 17.1 Å². The van der Waals surface area contributed by atoms with Crippen LogP contribution in [0.15, 0.2) is 102 Å². The molecule has 2 heterocycles. The standard InChI is InChI=1S/C40H41F3N2O6S/c1-25-34(24-52-35-12-6-5-11-33(35)49-2)50-38(51-36(25)28-15-13-26(23-46)14-16-28)29-19-17-27(18-20-29)31-9-4-3-8-30(31)22-44-37(47)32-10-7-21-45(32)39(48)40(41,42)43/h3-6,8-9,11-20,25,32,34,36,38,46H,7,10,21-24H2,1-2H3,(H,44,47). The minimum atomic E-state index is -5.03. The maximum Gasteiger partial charge on any atom is 0.471 e. The molecule has 0 saturated carbocycles. The summed E-state index contributed by atoms with van der Waals surface area (Å²) >= 11 is 1.66. The predicted molar refractivity (Wildman–Crippen MR) is 191 cm³/mol. The molecule has 2 amide bonds. The van der Waals surface area contributed by atoms with Gasteiger partial charge in [0.1, 0.15) is 11.8 Å². The molecule has 2 saturated heterocycles. The second-order valence-electron chi connectivity index (χ2n) is 12.9. The second kappa shape index (κ2) is 16.5. The lowest BCUT2D eigenvalue weighted by Gasteiger charge is -2.41. The number of benzene rings is 4. The topological polar surface area (TPSA) is 97.3 Å². The molecule has 0 aliphatic carbocycles. The number of thioether (sulfide) groups is 1. The quantitative estimate of drug-likeness (QED) is 0.153. The van der Waals surface area contributed by atoms with Gasteiger partial charge in [-0.2, -0.15) is 13.2 Å². The first-order valence-corrected chi connectivity index (χ1v) is 18.2. The third kappa shape index (κ3) is 8.47. The van der Waals surface area contributed by atoms with Gasteiger partial charge in [0.15, 0.2) is 6.29 Å². The van der Waals surface area contributed by atoms with Crippen molar-refractivity contribution in [2.45, 2.75) is 68.5 Å². The molecule has 274 valence electrons. The van der Waals surface area contributed by atoms with Crippen LogP contribution in [-0.4, -0.2) is 59.6 Å². The molecule has 4 aromatic carbocycles. The van der Waals surface area contributed by atoms with E-state index in [4.69, 9.17) is 14.2 Å². The maximum atomic E-state index is 13.1. The van der Waals surface area contributed by atoms with Gasteiger partial charge in [-0.1, -0.05) is 91.9 Å². The fourth-order valence-corrected chi connectivity index (χ4v) is 7.94. The van der Waals surface area contributed by atoms with E-state index in [1.807, 2.05) is 97.1 Å². The average molecular weight is 735 g/mol. The number of aliphatic hydroxyl groups is 1. The third-order valence-corrected chi connectivity index (χ3v) is 10.8. The SMILES string of the molecule is COc1ccccc1SCC1OC(c2ccc(-c3ccccc3CNC(=O)C3CCCN3C(=O)C(F)(F)F)cc2)OC(c2ccc(CO)cc2)C1C. The van der Waals surface area contributed by atoms with Crippen molar-refractivity contribution in [1.29, 1.82) is 0 Å². The number of nitrogens with zero attached hydrogens (tertiary/aromatic N) is 1. The third-order valence-electron chi connectivity index (χ3n) is 9.62. The van der Waals surface area contributed by atoms with Crippen LogP contribution in [0.3, 0.4) is 0 Å². The zero-order valence-electron chi connectivity index (χ0n) is 28.8. The summed E-state index contributed by atoms with van der Waals surface area (Å²) in [7, 11) is 1.65. The Labute approximate surface area is 305 Å². The lowest BCUT2D eigenvalue weighted by molar-refractivity contribution is -0.268. The second-order valence-corrected chi connectivity index (χ2v) is 14.0. The number of carbonyl (C=O) groups excluding carboxylic acids is 2. The predicted octanol–water partition coefficient (Wildman–Crippen LogP) is 7.61. The first-order chi connectivity index (χ1) is 25.1. The van der Waals surface area contributed by atoms with Crippen molar-refractivity contribution in [2.75, 3.05) is 19.4 Å². The number of ether oxygens (including phenoxy) is 3. The Morgan fingerprint density at radius 2 is 1.63 bits per heavy atom. The van der Waals surface area contributed by atoms with Gasteiger partial charge < -0.3 is 29.5 Å². The van der Waals surface area contributed by atoms with Gasteiger partial charge in [-0.15, -0.1) is 11.8 Å². The Hall–Kier alpha value is -4.36. The van der Waals surface area contributed by atoms with Gasteiger partial charge in [-0.25, -0.2) is 0 Å². The number of likely N-dealkylation sites (tertiary alicyclic amines) is 1. The lowest BCUT2D eigenvalue weighted by atomic mass is 9.91. The van der Waals surface area contributed by atoms with E-state index in [0.717, 1.165) is 44.0 Å². The van der Waals surface area contributed by atoms with Crippen LogP contribution in [0.1, 0.15) is 54.4 Å². The van der Waals surface area contributed by atoms with Crippen molar-refractivity contribution in [1.82, 2.24) is 10.2 Å². The molecule has 8 nitrogen and oxygen atoms in total. The summed E-state index contributed by atoms with van der Waals surface area (Å²) in [5.74, 6) is -1.14. The van der Waals surface area contributed by atoms with E-state index in [2.05, 4.69) is 12.2 Å². The average Bonchev–Trinajstić information content (AvgIpc) is 3.66. The Morgan fingerprint density at radius 1 is 0.942 bits per heavy atom. The molecule has 6 rings (SSSR count). The van der Waals surface area contributed by atoms with Gasteiger partial charge in [-0.3, -0.25) is 9.59 Å². The van der Waals surface area contributed by atoms with Gasteiger partial charge in [0.05, 0.1) is 25.9 Å². The number of nitrogens with one attached hydrogen (secondary N) is 1. The number of aliphatic hydroxyl groups excluding tert-OH is 1. The van der Waals surface area contributed by atoms with Gasteiger partial charge >= 0.3 is 12.1 Å². The van der Waals surface area contributed by atoms with Gasteiger partial charge in [0, 0.05) is 35.2 Å². The summed E-state index contributed by atoms with van der Waals surface area (Å²) in [4.78, 5) is 26.5. The minimum absolute atomic E-state index is 0.00249. The van der Waals surface area contributed by atoms with Crippen LogP contribution in [0, 0.1) is 5.92 Å². The lowest BCUT2D eigenvalue weighted by Crippen LogP contribution is -2.50. The number of hydrogen-bond acceptors (Lipinski definition) is 7. The van der Waals surface area contributed by atoms with Crippen LogP contribution >= 0.6 is 11.8 Å². The van der Waals surface area contributed by atoms with Crippen molar-refractivity contribution in [2.24, 2.45) is 5.92 Å². The molecule has 0 bridgehead atoms. The van der Waals surface area contributed by atoms with E-state index in [1.165, 1.54) is 0 Å². The molecular weight excluding hydrogens is 694 g/mol. The number of halogens is 3. The highest BCUT2D eigenvalue weighted by atomic mass is 32.2. The Kier molecular flexibility index (Phi) is 11.9. The Balaban J connectivity index is 1.19.